The first-order valence-electron chi connectivity index (χ1n) is 7.32. The molecule has 1 fully saturated rings. The van der Waals surface area contributed by atoms with Crippen LogP contribution in [0.5, 0.6) is 0 Å². The standard InChI is InChI=1S/C16H23FN2OS/c1-18(2)11-15-12-21-9-3-8-19(15)16(20)10-13-4-6-14(17)7-5-13/h4-7,15H,3,8-12H2,1-2H3. The molecule has 0 aliphatic carbocycles. The number of hydrogen-bond donors (Lipinski definition) is 0. The summed E-state index contributed by atoms with van der Waals surface area (Å²) in [4.78, 5) is 16.8. The molecule has 0 aromatic heterocycles. The molecule has 0 radical (unpaired) electrons. The molecule has 116 valence electrons. The van der Waals surface area contributed by atoms with Gasteiger partial charge in [-0.1, -0.05) is 12.1 Å². The van der Waals surface area contributed by atoms with E-state index < -0.39 is 0 Å². The van der Waals surface area contributed by atoms with E-state index in [4.69, 9.17) is 0 Å². The van der Waals surface area contributed by atoms with Gasteiger partial charge >= 0.3 is 0 Å². The summed E-state index contributed by atoms with van der Waals surface area (Å²) in [6.07, 6.45) is 1.40. The van der Waals surface area contributed by atoms with Crippen LogP contribution in [0.1, 0.15) is 12.0 Å². The first-order valence-corrected chi connectivity index (χ1v) is 8.48. The molecule has 3 nitrogen and oxygen atoms in total. The summed E-state index contributed by atoms with van der Waals surface area (Å²) in [6, 6.07) is 6.48. The number of nitrogens with zero attached hydrogens (tertiary/aromatic N) is 2. The van der Waals surface area contributed by atoms with E-state index in [2.05, 4.69) is 4.90 Å². The van der Waals surface area contributed by atoms with E-state index in [1.54, 1.807) is 12.1 Å². The van der Waals surface area contributed by atoms with Crippen LogP contribution in [-0.2, 0) is 11.2 Å². The molecule has 1 aromatic rings. The summed E-state index contributed by atoms with van der Waals surface area (Å²) in [5.74, 6) is 2.00. The van der Waals surface area contributed by atoms with Crippen LogP contribution < -0.4 is 0 Å². The minimum absolute atomic E-state index is 0.149. The van der Waals surface area contributed by atoms with Crippen LogP contribution in [-0.4, -0.2) is 60.4 Å². The topological polar surface area (TPSA) is 23.6 Å². The Hall–Kier alpha value is -1.07. The van der Waals surface area contributed by atoms with Crippen molar-refractivity contribution in [2.24, 2.45) is 0 Å². The lowest BCUT2D eigenvalue weighted by Gasteiger charge is -2.31. The molecule has 0 bridgehead atoms. The number of halogens is 1. The molecule has 1 heterocycles. The number of benzene rings is 1. The van der Waals surface area contributed by atoms with Crippen molar-refractivity contribution in [2.75, 3.05) is 38.7 Å². The smallest absolute Gasteiger partial charge is 0.227 e. The van der Waals surface area contributed by atoms with Gasteiger partial charge in [0.15, 0.2) is 0 Å². The SMILES string of the molecule is CN(C)CC1CSCCCN1C(=O)Cc1ccc(F)cc1. The predicted octanol–water partition coefficient (Wildman–Crippen LogP) is 2.26. The largest absolute Gasteiger partial charge is 0.337 e. The Labute approximate surface area is 130 Å². The Morgan fingerprint density at radius 3 is 2.76 bits per heavy atom. The van der Waals surface area contributed by atoms with E-state index in [1.807, 2.05) is 30.8 Å². The van der Waals surface area contributed by atoms with Gasteiger partial charge in [0.1, 0.15) is 5.82 Å². The summed E-state index contributed by atoms with van der Waals surface area (Å²) in [7, 11) is 4.08. The Morgan fingerprint density at radius 2 is 2.10 bits per heavy atom. The highest BCUT2D eigenvalue weighted by Gasteiger charge is 2.26. The quantitative estimate of drug-likeness (QED) is 0.852. The van der Waals surface area contributed by atoms with Crippen LogP contribution in [0.2, 0.25) is 0 Å². The van der Waals surface area contributed by atoms with Gasteiger partial charge in [-0.05, 0) is 44.0 Å². The van der Waals surface area contributed by atoms with Crippen LogP contribution in [0.15, 0.2) is 24.3 Å². The van der Waals surface area contributed by atoms with Crippen LogP contribution in [0.4, 0.5) is 4.39 Å². The minimum atomic E-state index is -0.261. The first-order chi connectivity index (χ1) is 10.1. The zero-order valence-corrected chi connectivity index (χ0v) is 13.5. The molecule has 0 spiro atoms. The molecule has 0 N–H and O–H groups in total. The van der Waals surface area contributed by atoms with E-state index in [1.165, 1.54) is 12.1 Å². The summed E-state index contributed by atoms with van der Waals surface area (Å²) in [6.45, 7) is 1.72. The van der Waals surface area contributed by atoms with Gasteiger partial charge in [0.05, 0.1) is 12.5 Å². The highest BCUT2D eigenvalue weighted by Crippen LogP contribution is 2.18. The van der Waals surface area contributed by atoms with Gasteiger partial charge in [-0.2, -0.15) is 11.8 Å². The second-order valence-electron chi connectivity index (χ2n) is 5.73. The summed E-state index contributed by atoms with van der Waals surface area (Å²) >= 11 is 1.93. The van der Waals surface area contributed by atoms with Crippen molar-refractivity contribution in [2.45, 2.75) is 18.9 Å². The lowest BCUT2D eigenvalue weighted by atomic mass is 10.1. The van der Waals surface area contributed by atoms with Crippen LogP contribution in [0, 0.1) is 5.82 Å². The first kappa shape index (κ1) is 16.3. The van der Waals surface area contributed by atoms with Gasteiger partial charge in [-0.3, -0.25) is 4.79 Å². The normalized spacial score (nSPS) is 19.6. The lowest BCUT2D eigenvalue weighted by molar-refractivity contribution is -0.132. The van der Waals surface area contributed by atoms with Gasteiger partial charge < -0.3 is 9.80 Å². The molecule has 1 aliphatic rings. The maximum Gasteiger partial charge on any atom is 0.227 e. The number of likely N-dealkylation sites (N-methyl/N-ethyl adjacent to an activating group) is 1. The third-order valence-electron chi connectivity index (χ3n) is 3.60. The van der Waals surface area contributed by atoms with Gasteiger partial charge in [0.25, 0.3) is 0 Å². The Kier molecular flexibility index (Phi) is 6.06. The lowest BCUT2D eigenvalue weighted by Crippen LogP contribution is -2.47. The summed E-state index contributed by atoms with van der Waals surface area (Å²) in [5, 5.41) is 0. The fourth-order valence-electron chi connectivity index (χ4n) is 2.61. The number of amides is 1. The van der Waals surface area contributed by atoms with E-state index in [0.29, 0.717) is 6.42 Å². The number of carbonyl (C=O) groups excluding carboxylic acids is 1. The molecule has 1 unspecified atom stereocenters. The predicted molar refractivity (Wildman–Crippen MR) is 86.1 cm³/mol. The molecule has 1 saturated heterocycles. The Morgan fingerprint density at radius 1 is 1.38 bits per heavy atom. The van der Waals surface area contributed by atoms with Gasteiger partial charge in [-0.25, -0.2) is 4.39 Å². The van der Waals surface area contributed by atoms with Crippen molar-refractivity contribution in [3.63, 3.8) is 0 Å². The van der Waals surface area contributed by atoms with Crippen molar-refractivity contribution in [1.29, 1.82) is 0 Å². The van der Waals surface area contributed by atoms with Gasteiger partial charge in [0, 0.05) is 18.8 Å². The number of rotatable bonds is 4. The molecule has 0 saturated carbocycles. The third-order valence-corrected chi connectivity index (χ3v) is 4.80. The van der Waals surface area contributed by atoms with Crippen molar-refractivity contribution < 1.29 is 9.18 Å². The zero-order chi connectivity index (χ0) is 15.2. The zero-order valence-electron chi connectivity index (χ0n) is 12.7. The second kappa shape index (κ2) is 7.80. The maximum absolute atomic E-state index is 12.9. The van der Waals surface area contributed by atoms with E-state index in [-0.39, 0.29) is 17.8 Å². The van der Waals surface area contributed by atoms with E-state index >= 15 is 0 Å². The van der Waals surface area contributed by atoms with Crippen LogP contribution in [0.3, 0.4) is 0 Å². The average molecular weight is 310 g/mol. The fourth-order valence-corrected chi connectivity index (χ4v) is 3.67. The number of hydrogen-bond acceptors (Lipinski definition) is 3. The summed E-state index contributed by atoms with van der Waals surface area (Å²) < 4.78 is 12.9. The molecule has 5 heteroatoms. The minimum Gasteiger partial charge on any atom is -0.337 e. The van der Waals surface area contributed by atoms with Crippen LogP contribution >= 0.6 is 11.8 Å². The third kappa shape index (κ3) is 5.00. The second-order valence-corrected chi connectivity index (χ2v) is 6.88. The monoisotopic (exact) mass is 310 g/mol. The van der Waals surface area contributed by atoms with Crippen molar-refractivity contribution in [3.05, 3.63) is 35.6 Å². The highest BCUT2D eigenvalue weighted by atomic mass is 32.2. The average Bonchev–Trinajstić information content (AvgIpc) is 2.66. The molecular formula is C16H23FN2OS. The van der Waals surface area contributed by atoms with Crippen molar-refractivity contribution in [3.8, 4) is 0 Å². The highest BCUT2D eigenvalue weighted by molar-refractivity contribution is 7.99. The Balaban J connectivity index is 2.04. The van der Waals surface area contributed by atoms with Crippen LogP contribution in [0.25, 0.3) is 0 Å². The van der Waals surface area contributed by atoms with Gasteiger partial charge in [-0.15, -0.1) is 0 Å². The van der Waals surface area contributed by atoms with Crippen molar-refractivity contribution in [1.82, 2.24) is 9.80 Å². The molecule has 21 heavy (non-hydrogen) atoms. The molecule has 1 amide bonds. The molecule has 1 atom stereocenters. The van der Waals surface area contributed by atoms with E-state index in [9.17, 15) is 9.18 Å². The Bertz CT molecular complexity index is 464. The maximum atomic E-state index is 12.9. The fraction of sp³-hybridized carbons (Fsp3) is 0.562. The van der Waals surface area contributed by atoms with E-state index in [0.717, 1.165) is 36.6 Å². The molecule has 1 aromatic carbocycles. The molecule has 1 aliphatic heterocycles. The van der Waals surface area contributed by atoms with Crippen molar-refractivity contribution >= 4 is 17.7 Å². The number of thioether (sulfide) groups is 1. The molecular weight excluding hydrogens is 287 g/mol. The van der Waals surface area contributed by atoms with Gasteiger partial charge in [0.2, 0.25) is 5.91 Å². The number of carbonyl (C=O) groups is 1. The molecule has 2 rings (SSSR count). The summed E-state index contributed by atoms with van der Waals surface area (Å²) in [5.41, 5.74) is 0.877.